The van der Waals surface area contributed by atoms with Crippen molar-refractivity contribution < 1.29 is 4.74 Å². The first kappa shape index (κ1) is 11.9. The molecule has 1 aliphatic heterocycles. The molecule has 3 N–H and O–H groups in total. The molecule has 0 saturated carbocycles. The molecule has 0 amide bonds. The molecular weight excluding hydrogens is 224 g/mol. The van der Waals surface area contributed by atoms with Crippen LogP contribution in [0.1, 0.15) is 5.69 Å². The van der Waals surface area contributed by atoms with Crippen molar-refractivity contribution in [1.29, 1.82) is 0 Å². The van der Waals surface area contributed by atoms with Gasteiger partial charge in [0.05, 0.1) is 24.4 Å². The van der Waals surface area contributed by atoms with E-state index < -0.39 is 0 Å². The molecule has 0 spiro atoms. The van der Waals surface area contributed by atoms with Gasteiger partial charge in [-0.15, -0.1) is 0 Å². The van der Waals surface area contributed by atoms with E-state index in [1.807, 2.05) is 31.1 Å². The SMILES string of the molecule is Cn1ccc(CC(NN)C2CSCCO2)n1. The van der Waals surface area contributed by atoms with E-state index in [-0.39, 0.29) is 12.1 Å². The first-order valence-corrected chi connectivity index (χ1v) is 6.59. The number of aromatic nitrogens is 2. The average Bonchev–Trinajstić information content (AvgIpc) is 2.73. The Kier molecular flexibility index (Phi) is 4.22. The second-order valence-corrected chi connectivity index (χ2v) is 5.09. The molecule has 0 bridgehead atoms. The highest BCUT2D eigenvalue weighted by Gasteiger charge is 2.24. The number of rotatable bonds is 4. The molecule has 1 aromatic heterocycles. The molecular formula is C10H18N4OS. The number of nitrogens with zero attached hydrogens (tertiary/aromatic N) is 2. The molecule has 2 atom stereocenters. The summed E-state index contributed by atoms with van der Waals surface area (Å²) in [6, 6.07) is 2.16. The summed E-state index contributed by atoms with van der Waals surface area (Å²) in [5.74, 6) is 7.67. The van der Waals surface area contributed by atoms with Crippen LogP contribution in [0.2, 0.25) is 0 Å². The Morgan fingerprint density at radius 3 is 3.25 bits per heavy atom. The van der Waals surface area contributed by atoms with E-state index in [4.69, 9.17) is 10.6 Å². The lowest BCUT2D eigenvalue weighted by molar-refractivity contribution is 0.0469. The van der Waals surface area contributed by atoms with Crippen LogP contribution in [-0.2, 0) is 18.2 Å². The third-order valence-electron chi connectivity index (χ3n) is 2.70. The molecule has 1 aliphatic rings. The average molecular weight is 242 g/mol. The number of aryl methyl sites for hydroxylation is 1. The summed E-state index contributed by atoms with van der Waals surface area (Å²) in [5.41, 5.74) is 3.89. The van der Waals surface area contributed by atoms with Gasteiger partial charge in [0.25, 0.3) is 0 Å². The Balaban J connectivity index is 1.94. The zero-order valence-corrected chi connectivity index (χ0v) is 10.2. The fourth-order valence-electron chi connectivity index (χ4n) is 1.83. The van der Waals surface area contributed by atoms with Gasteiger partial charge in [-0.1, -0.05) is 0 Å². The minimum atomic E-state index is 0.141. The zero-order valence-electron chi connectivity index (χ0n) is 9.43. The van der Waals surface area contributed by atoms with Crippen LogP contribution in [0.3, 0.4) is 0 Å². The van der Waals surface area contributed by atoms with Crippen molar-refractivity contribution in [1.82, 2.24) is 15.2 Å². The second-order valence-electron chi connectivity index (χ2n) is 3.94. The van der Waals surface area contributed by atoms with Crippen molar-refractivity contribution in [2.75, 3.05) is 18.1 Å². The number of thioether (sulfide) groups is 1. The maximum Gasteiger partial charge on any atom is 0.0835 e. The fraction of sp³-hybridized carbons (Fsp3) is 0.700. The number of hydrogen-bond acceptors (Lipinski definition) is 5. The summed E-state index contributed by atoms with van der Waals surface area (Å²) in [4.78, 5) is 0. The minimum absolute atomic E-state index is 0.141. The zero-order chi connectivity index (χ0) is 11.4. The maximum absolute atomic E-state index is 5.71. The van der Waals surface area contributed by atoms with Crippen LogP contribution in [0.25, 0.3) is 0 Å². The van der Waals surface area contributed by atoms with E-state index in [1.165, 1.54) is 0 Å². The number of hydrazine groups is 1. The first-order valence-electron chi connectivity index (χ1n) is 5.43. The Morgan fingerprint density at radius 1 is 1.81 bits per heavy atom. The second kappa shape index (κ2) is 5.67. The molecule has 0 aromatic carbocycles. The van der Waals surface area contributed by atoms with Gasteiger partial charge < -0.3 is 4.74 Å². The molecule has 2 rings (SSSR count). The number of ether oxygens (including phenoxy) is 1. The van der Waals surface area contributed by atoms with Gasteiger partial charge in [0.1, 0.15) is 0 Å². The van der Waals surface area contributed by atoms with Gasteiger partial charge in [0.2, 0.25) is 0 Å². The van der Waals surface area contributed by atoms with Crippen LogP contribution >= 0.6 is 11.8 Å². The lowest BCUT2D eigenvalue weighted by Crippen LogP contribution is -2.49. The van der Waals surface area contributed by atoms with Crippen molar-refractivity contribution in [2.24, 2.45) is 12.9 Å². The summed E-state index contributed by atoms with van der Waals surface area (Å²) in [5, 5.41) is 4.35. The van der Waals surface area contributed by atoms with Gasteiger partial charge in [-0.2, -0.15) is 16.9 Å². The Bertz CT molecular complexity index is 324. The Morgan fingerprint density at radius 2 is 2.69 bits per heavy atom. The fourth-order valence-corrected chi connectivity index (χ4v) is 2.77. The van der Waals surface area contributed by atoms with Crippen molar-refractivity contribution >= 4 is 11.8 Å². The predicted molar refractivity (Wildman–Crippen MR) is 65.1 cm³/mol. The van der Waals surface area contributed by atoms with Crippen molar-refractivity contribution in [3.05, 3.63) is 18.0 Å². The maximum atomic E-state index is 5.71. The van der Waals surface area contributed by atoms with Crippen LogP contribution in [-0.4, -0.2) is 40.0 Å². The Labute approximate surface area is 99.7 Å². The highest BCUT2D eigenvalue weighted by molar-refractivity contribution is 7.99. The number of nitrogens with two attached hydrogens (primary N) is 1. The third kappa shape index (κ3) is 2.98. The van der Waals surface area contributed by atoms with E-state index in [0.29, 0.717) is 0 Å². The largest absolute Gasteiger partial charge is 0.375 e. The summed E-state index contributed by atoms with van der Waals surface area (Å²) in [6.45, 7) is 0.815. The van der Waals surface area contributed by atoms with Crippen molar-refractivity contribution in [3.8, 4) is 0 Å². The van der Waals surface area contributed by atoms with E-state index >= 15 is 0 Å². The molecule has 0 aliphatic carbocycles. The monoisotopic (exact) mass is 242 g/mol. The standard InChI is InChI=1S/C10H18N4OS/c1-14-3-2-8(13-14)6-9(12-11)10-7-16-5-4-15-10/h2-3,9-10,12H,4-7,11H2,1H3. The predicted octanol–water partition coefficient (Wildman–Crippen LogP) is -0.0735. The number of hydrogen-bond donors (Lipinski definition) is 2. The minimum Gasteiger partial charge on any atom is -0.375 e. The van der Waals surface area contributed by atoms with Crippen molar-refractivity contribution in [3.63, 3.8) is 0 Å². The van der Waals surface area contributed by atoms with E-state index in [9.17, 15) is 0 Å². The molecule has 16 heavy (non-hydrogen) atoms. The Hall–Kier alpha value is -0.560. The van der Waals surface area contributed by atoms with Crippen molar-refractivity contribution in [2.45, 2.75) is 18.6 Å². The first-order chi connectivity index (χ1) is 7.79. The normalized spacial score (nSPS) is 23.2. The topological polar surface area (TPSA) is 65.1 Å². The molecule has 90 valence electrons. The summed E-state index contributed by atoms with van der Waals surface area (Å²) in [7, 11) is 1.92. The third-order valence-corrected chi connectivity index (χ3v) is 3.72. The molecule has 1 aromatic rings. The van der Waals surface area contributed by atoms with Crippen LogP contribution in [0.4, 0.5) is 0 Å². The van der Waals surface area contributed by atoms with Crippen LogP contribution in [0, 0.1) is 0 Å². The van der Waals surface area contributed by atoms with Crippen LogP contribution in [0.5, 0.6) is 0 Å². The van der Waals surface area contributed by atoms with Gasteiger partial charge in [0, 0.05) is 31.2 Å². The van der Waals surface area contributed by atoms with Gasteiger partial charge in [0.15, 0.2) is 0 Å². The molecule has 2 unspecified atom stereocenters. The summed E-state index contributed by atoms with van der Waals surface area (Å²) in [6.07, 6.45) is 2.94. The molecule has 1 saturated heterocycles. The van der Waals surface area contributed by atoms with E-state index in [1.54, 1.807) is 4.68 Å². The van der Waals surface area contributed by atoms with Gasteiger partial charge in [-0.05, 0) is 6.07 Å². The quantitative estimate of drug-likeness (QED) is 0.571. The lowest BCUT2D eigenvalue weighted by atomic mass is 10.1. The molecule has 5 nitrogen and oxygen atoms in total. The summed E-state index contributed by atoms with van der Waals surface area (Å²) >= 11 is 1.92. The van der Waals surface area contributed by atoms with Gasteiger partial charge >= 0.3 is 0 Å². The smallest absolute Gasteiger partial charge is 0.0835 e. The van der Waals surface area contributed by atoms with Crippen LogP contribution in [0.15, 0.2) is 12.3 Å². The molecule has 6 heteroatoms. The van der Waals surface area contributed by atoms with Gasteiger partial charge in [-0.25, -0.2) is 0 Å². The summed E-state index contributed by atoms with van der Waals surface area (Å²) < 4.78 is 7.52. The lowest BCUT2D eigenvalue weighted by Gasteiger charge is -2.29. The highest BCUT2D eigenvalue weighted by atomic mass is 32.2. The van der Waals surface area contributed by atoms with Gasteiger partial charge in [-0.3, -0.25) is 16.0 Å². The van der Waals surface area contributed by atoms with E-state index in [2.05, 4.69) is 10.5 Å². The molecule has 2 heterocycles. The molecule has 1 fully saturated rings. The van der Waals surface area contributed by atoms with Crippen LogP contribution < -0.4 is 11.3 Å². The highest BCUT2D eigenvalue weighted by Crippen LogP contribution is 2.17. The molecule has 0 radical (unpaired) electrons. The number of nitrogens with one attached hydrogen (secondary N) is 1. The van der Waals surface area contributed by atoms with E-state index in [0.717, 1.165) is 30.2 Å².